The maximum Gasteiger partial charge on any atom is 0.139 e. The average molecular weight is 481 g/mol. The van der Waals surface area contributed by atoms with Gasteiger partial charge in [-0.15, -0.1) is 0 Å². The third-order valence-electron chi connectivity index (χ3n) is 7.47. The third kappa shape index (κ3) is 8.47. The maximum atomic E-state index is 10.6. The molecule has 3 aromatic rings. The Hall–Kier alpha value is -2.16. The first-order valence-corrected chi connectivity index (χ1v) is 14.5. The smallest absolute Gasteiger partial charge is 0.139 e. The molecule has 35 heavy (non-hydrogen) atoms. The minimum absolute atomic E-state index is 0.322. The van der Waals surface area contributed by atoms with E-state index in [4.69, 9.17) is 4.42 Å². The van der Waals surface area contributed by atoms with Crippen LogP contribution < -0.4 is 0 Å². The highest BCUT2D eigenvalue weighted by Gasteiger charge is 2.14. The fourth-order valence-corrected chi connectivity index (χ4v) is 5.24. The molecular weight excluding hydrogens is 432 g/mol. The van der Waals surface area contributed by atoms with Gasteiger partial charge in [-0.25, -0.2) is 0 Å². The van der Waals surface area contributed by atoms with Gasteiger partial charge in [-0.3, -0.25) is 0 Å². The second-order valence-electron chi connectivity index (χ2n) is 10.5. The summed E-state index contributed by atoms with van der Waals surface area (Å²) in [5, 5.41) is 23.2. The van der Waals surface area contributed by atoms with Gasteiger partial charge in [-0.2, -0.15) is 0 Å². The van der Waals surface area contributed by atoms with E-state index in [0.717, 1.165) is 47.6 Å². The van der Waals surface area contributed by atoms with E-state index in [9.17, 15) is 10.2 Å². The summed E-state index contributed by atoms with van der Waals surface area (Å²) in [7, 11) is 0. The average Bonchev–Trinajstić information content (AvgIpc) is 3.18. The second-order valence-corrected chi connectivity index (χ2v) is 10.5. The summed E-state index contributed by atoms with van der Waals surface area (Å²) in [4.78, 5) is 0. The number of rotatable bonds is 18. The van der Waals surface area contributed by atoms with Crippen LogP contribution in [0.4, 0.5) is 0 Å². The van der Waals surface area contributed by atoms with E-state index < -0.39 is 0 Å². The SMILES string of the molecule is CCCCCCCCCCc1cc2c(cc1O)oc1cc(O)c(CCCCCCCCCC)cc12. The van der Waals surface area contributed by atoms with E-state index in [1.54, 1.807) is 12.1 Å². The number of benzene rings is 2. The van der Waals surface area contributed by atoms with Gasteiger partial charge in [-0.1, -0.05) is 104 Å². The molecule has 3 nitrogen and oxygen atoms in total. The van der Waals surface area contributed by atoms with Crippen molar-refractivity contribution in [3.05, 3.63) is 35.4 Å². The molecule has 0 spiro atoms. The number of aryl methyl sites for hydroxylation is 2. The van der Waals surface area contributed by atoms with Gasteiger partial charge in [0.05, 0.1) is 0 Å². The molecule has 194 valence electrons. The monoisotopic (exact) mass is 480 g/mol. The Morgan fingerprint density at radius 3 is 1.20 bits per heavy atom. The van der Waals surface area contributed by atoms with E-state index in [0.29, 0.717) is 22.7 Å². The lowest BCUT2D eigenvalue weighted by Gasteiger charge is -2.06. The van der Waals surface area contributed by atoms with Crippen molar-refractivity contribution in [2.45, 2.75) is 129 Å². The van der Waals surface area contributed by atoms with Gasteiger partial charge in [0.15, 0.2) is 0 Å². The molecule has 3 heteroatoms. The zero-order valence-electron chi connectivity index (χ0n) is 22.3. The first kappa shape index (κ1) is 27.4. The highest BCUT2D eigenvalue weighted by Crippen LogP contribution is 2.37. The van der Waals surface area contributed by atoms with Crippen LogP contribution in [0.15, 0.2) is 28.7 Å². The molecule has 2 aromatic carbocycles. The zero-order chi connectivity index (χ0) is 24.9. The molecule has 0 radical (unpaired) electrons. The van der Waals surface area contributed by atoms with Gasteiger partial charge in [-0.05, 0) is 48.9 Å². The first-order chi connectivity index (χ1) is 17.1. The molecule has 0 unspecified atom stereocenters. The summed E-state index contributed by atoms with van der Waals surface area (Å²) < 4.78 is 5.98. The molecule has 0 amide bonds. The van der Waals surface area contributed by atoms with Crippen LogP contribution in [0.1, 0.15) is 128 Å². The van der Waals surface area contributed by atoms with Crippen molar-refractivity contribution in [1.82, 2.24) is 0 Å². The summed E-state index contributed by atoms with van der Waals surface area (Å²) in [5.74, 6) is 0.644. The van der Waals surface area contributed by atoms with Crippen molar-refractivity contribution in [1.29, 1.82) is 0 Å². The fraction of sp³-hybridized carbons (Fsp3) is 0.625. The van der Waals surface area contributed by atoms with Gasteiger partial charge in [0.2, 0.25) is 0 Å². The minimum Gasteiger partial charge on any atom is -0.508 e. The lowest BCUT2D eigenvalue weighted by molar-refractivity contribution is 0.464. The van der Waals surface area contributed by atoms with Crippen LogP contribution in [0.5, 0.6) is 11.5 Å². The Morgan fingerprint density at radius 1 is 0.486 bits per heavy atom. The standard InChI is InChI=1S/C32H48O3/c1-3-5-7-9-11-13-15-17-19-25-21-27-28-22-26(20-18-16-14-12-10-8-6-4-2)30(34)24-32(28)35-31(27)23-29(25)33/h21-24,33-34H,3-20H2,1-2H3. The zero-order valence-corrected chi connectivity index (χ0v) is 22.3. The fourth-order valence-electron chi connectivity index (χ4n) is 5.24. The van der Waals surface area contributed by atoms with Crippen LogP contribution in [0.25, 0.3) is 21.9 Å². The van der Waals surface area contributed by atoms with E-state index in [-0.39, 0.29) is 0 Å². The molecule has 0 bridgehead atoms. The molecule has 0 atom stereocenters. The van der Waals surface area contributed by atoms with Crippen LogP contribution in [-0.2, 0) is 12.8 Å². The van der Waals surface area contributed by atoms with Gasteiger partial charge in [0, 0.05) is 22.9 Å². The Morgan fingerprint density at radius 2 is 0.829 bits per heavy atom. The van der Waals surface area contributed by atoms with Gasteiger partial charge in [0.1, 0.15) is 22.7 Å². The molecular formula is C32H48O3. The van der Waals surface area contributed by atoms with Crippen molar-refractivity contribution in [3.8, 4) is 11.5 Å². The molecule has 0 saturated heterocycles. The van der Waals surface area contributed by atoms with E-state index in [1.165, 1.54) is 89.9 Å². The first-order valence-electron chi connectivity index (χ1n) is 14.5. The van der Waals surface area contributed by atoms with Crippen molar-refractivity contribution in [2.75, 3.05) is 0 Å². The number of hydrogen-bond acceptors (Lipinski definition) is 3. The van der Waals surface area contributed by atoms with Crippen molar-refractivity contribution < 1.29 is 14.6 Å². The largest absolute Gasteiger partial charge is 0.508 e. The Labute approximate surface area is 212 Å². The number of furan rings is 1. The summed E-state index contributed by atoms with van der Waals surface area (Å²) >= 11 is 0. The van der Waals surface area contributed by atoms with E-state index in [2.05, 4.69) is 26.0 Å². The number of unbranched alkanes of at least 4 members (excludes halogenated alkanes) is 14. The summed E-state index contributed by atoms with van der Waals surface area (Å²) in [6.07, 6.45) is 22.3. The molecule has 1 heterocycles. The summed E-state index contributed by atoms with van der Waals surface area (Å²) in [6.45, 7) is 4.51. The van der Waals surface area contributed by atoms with Crippen LogP contribution in [0.2, 0.25) is 0 Å². The molecule has 0 saturated carbocycles. The molecule has 1 aromatic heterocycles. The van der Waals surface area contributed by atoms with Crippen molar-refractivity contribution in [3.63, 3.8) is 0 Å². The van der Waals surface area contributed by atoms with Gasteiger partial charge >= 0.3 is 0 Å². The van der Waals surface area contributed by atoms with Crippen LogP contribution in [0.3, 0.4) is 0 Å². The molecule has 0 aliphatic rings. The molecule has 2 N–H and O–H groups in total. The van der Waals surface area contributed by atoms with Gasteiger partial charge in [0.25, 0.3) is 0 Å². The number of fused-ring (bicyclic) bond motifs is 3. The predicted molar refractivity (Wildman–Crippen MR) is 150 cm³/mol. The van der Waals surface area contributed by atoms with Crippen molar-refractivity contribution in [2.24, 2.45) is 0 Å². The third-order valence-corrected chi connectivity index (χ3v) is 7.47. The predicted octanol–water partition coefficient (Wildman–Crippen LogP) is 10.4. The quantitative estimate of drug-likeness (QED) is 0.178. The summed E-state index contributed by atoms with van der Waals surface area (Å²) in [5.41, 5.74) is 3.40. The maximum absolute atomic E-state index is 10.6. The second kappa shape index (κ2) is 15.1. The summed E-state index contributed by atoms with van der Waals surface area (Å²) in [6, 6.07) is 7.72. The number of phenolic OH excluding ortho intramolecular Hbond substituents is 2. The van der Waals surface area contributed by atoms with Crippen LogP contribution in [-0.4, -0.2) is 10.2 Å². The highest BCUT2D eigenvalue weighted by molar-refractivity contribution is 6.06. The Bertz CT molecular complexity index is 936. The normalized spacial score (nSPS) is 11.7. The Kier molecular flexibility index (Phi) is 11.8. The van der Waals surface area contributed by atoms with Gasteiger partial charge < -0.3 is 14.6 Å². The van der Waals surface area contributed by atoms with E-state index >= 15 is 0 Å². The van der Waals surface area contributed by atoms with Crippen molar-refractivity contribution >= 4 is 21.9 Å². The highest BCUT2D eigenvalue weighted by atomic mass is 16.3. The lowest BCUT2D eigenvalue weighted by Crippen LogP contribution is -1.89. The molecule has 0 aliphatic heterocycles. The van der Waals surface area contributed by atoms with Crippen LogP contribution >= 0.6 is 0 Å². The molecule has 3 rings (SSSR count). The number of aromatic hydroxyl groups is 2. The Balaban J connectivity index is 1.57. The lowest BCUT2D eigenvalue weighted by atomic mass is 9.99. The molecule has 0 fully saturated rings. The van der Waals surface area contributed by atoms with Crippen LogP contribution in [0, 0.1) is 0 Å². The number of phenols is 2. The topological polar surface area (TPSA) is 53.6 Å². The molecule has 0 aliphatic carbocycles. The number of hydrogen-bond donors (Lipinski definition) is 2. The van der Waals surface area contributed by atoms with E-state index in [1.807, 2.05) is 0 Å². The minimum atomic E-state index is 0.322.